The number of aliphatic hydroxyl groups excluding tert-OH is 1. The van der Waals surface area contributed by atoms with Crippen molar-refractivity contribution in [2.75, 3.05) is 6.54 Å². The molecule has 1 saturated carbocycles. The summed E-state index contributed by atoms with van der Waals surface area (Å²) in [6.07, 6.45) is 3.78. The lowest BCUT2D eigenvalue weighted by molar-refractivity contribution is -0.0980. The molecule has 32 heavy (non-hydrogen) atoms. The van der Waals surface area contributed by atoms with Gasteiger partial charge in [-0.1, -0.05) is 24.6 Å². The Kier molecular flexibility index (Phi) is 7.71. The maximum Gasteiger partial charge on any atom is 0.294 e. The molecule has 7 nitrogen and oxygen atoms in total. The first-order chi connectivity index (χ1) is 15.4. The number of aromatic hydroxyl groups is 1. The van der Waals surface area contributed by atoms with E-state index in [-0.39, 0.29) is 17.1 Å². The summed E-state index contributed by atoms with van der Waals surface area (Å²) in [5.74, 6) is -0.924. The number of hydrogen-bond acceptors (Lipinski definition) is 6. The minimum atomic E-state index is -1.24. The molecule has 1 aliphatic carbocycles. The molecule has 4 rings (SSSR count). The van der Waals surface area contributed by atoms with Crippen LogP contribution in [-0.4, -0.2) is 28.1 Å². The van der Waals surface area contributed by atoms with E-state index in [4.69, 9.17) is 16.4 Å². The van der Waals surface area contributed by atoms with E-state index in [0.717, 1.165) is 43.5 Å². The van der Waals surface area contributed by atoms with E-state index in [1.807, 2.05) is 13.7 Å². The van der Waals surface area contributed by atoms with Gasteiger partial charge < -0.3 is 15.0 Å². The molecular weight excluding hydrogens is 437 g/mol. The van der Waals surface area contributed by atoms with Gasteiger partial charge in [-0.3, -0.25) is 20.0 Å². The highest BCUT2D eigenvalue weighted by Crippen LogP contribution is 2.39. The Balaban J connectivity index is 0.00000141. The van der Waals surface area contributed by atoms with Gasteiger partial charge in [-0.05, 0) is 55.4 Å². The number of aliphatic hydroxyl groups is 1. The van der Waals surface area contributed by atoms with Gasteiger partial charge in [0.15, 0.2) is 5.75 Å². The Morgan fingerprint density at radius 2 is 2.03 bits per heavy atom. The van der Waals surface area contributed by atoms with Crippen molar-refractivity contribution in [3.8, 4) is 5.75 Å². The Bertz CT molecular complexity index is 1040. The standard InChI is InChI=1S/C22H27ClFN3O3.CH2O/c1-2-14-17-7-10-26-22(8-3-4-9-22)27(17)21(30)19(28)18(14)20(29)25-12-13-5-6-16(24)15(23)11-13;1-2/h5-6,11,20,25-26,28-29H,2-4,7-10,12H2,1H3;1H2. The van der Waals surface area contributed by atoms with Crippen molar-refractivity contribution >= 4 is 18.4 Å². The monoisotopic (exact) mass is 465 g/mol. The van der Waals surface area contributed by atoms with E-state index >= 15 is 0 Å². The molecule has 0 saturated heterocycles. The second kappa shape index (κ2) is 10.1. The fourth-order valence-electron chi connectivity index (χ4n) is 5.00. The third-order valence-corrected chi connectivity index (χ3v) is 6.68. The van der Waals surface area contributed by atoms with E-state index in [2.05, 4.69) is 10.6 Å². The SMILES string of the molecule is C=O.CCc1c(C(O)NCc2ccc(F)c(Cl)c2)c(O)c(=O)n2c1CCNC21CCCC1. The second-order valence-corrected chi connectivity index (χ2v) is 8.54. The molecule has 4 N–H and O–H groups in total. The molecule has 0 bridgehead atoms. The Hall–Kier alpha value is -2.26. The zero-order valence-corrected chi connectivity index (χ0v) is 18.8. The summed E-state index contributed by atoms with van der Waals surface area (Å²) < 4.78 is 15.1. The first-order valence-corrected chi connectivity index (χ1v) is 11.1. The average Bonchev–Trinajstić information content (AvgIpc) is 3.26. The summed E-state index contributed by atoms with van der Waals surface area (Å²) in [6, 6.07) is 4.31. The Labute approximate surface area is 191 Å². The molecule has 9 heteroatoms. The number of nitrogens with zero attached hydrogens (tertiary/aromatic N) is 1. The summed E-state index contributed by atoms with van der Waals surface area (Å²) >= 11 is 5.82. The van der Waals surface area contributed by atoms with Crippen LogP contribution < -0.4 is 16.2 Å². The van der Waals surface area contributed by atoms with Crippen LogP contribution in [0.1, 0.15) is 61.2 Å². The van der Waals surface area contributed by atoms with Gasteiger partial charge >= 0.3 is 0 Å². The molecular formula is C23H29ClFN3O4. The highest BCUT2D eigenvalue weighted by molar-refractivity contribution is 6.30. The summed E-state index contributed by atoms with van der Waals surface area (Å²) in [4.78, 5) is 21.2. The number of pyridine rings is 1. The molecule has 1 atom stereocenters. The molecule has 174 valence electrons. The Morgan fingerprint density at radius 1 is 1.34 bits per heavy atom. The number of aromatic nitrogens is 1. The van der Waals surface area contributed by atoms with Gasteiger partial charge in [0.1, 0.15) is 18.8 Å². The largest absolute Gasteiger partial charge is 0.503 e. The summed E-state index contributed by atoms with van der Waals surface area (Å²) in [5, 5.41) is 28.1. The van der Waals surface area contributed by atoms with Crippen LogP contribution in [0.4, 0.5) is 4.39 Å². The third kappa shape index (κ3) is 4.32. The van der Waals surface area contributed by atoms with Crippen LogP contribution >= 0.6 is 11.6 Å². The zero-order valence-electron chi connectivity index (χ0n) is 18.1. The molecule has 1 fully saturated rings. The van der Waals surface area contributed by atoms with Crippen LogP contribution in [0.15, 0.2) is 23.0 Å². The molecule has 1 aliphatic heterocycles. The lowest BCUT2D eigenvalue weighted by atomic mass is 9.94. The minimum absolute atomic E-state index is 0.00210. The Morgan fingerprint density at radius 3 is 2.66 bits per heavy atom. The van der Waals surface area contributed by atoms with Crippen LogP contribution in [0.5, 0.6) is 5.75 Å². The third-order valence-electron chi connectivity index (χ3n) is 6.39. The first-order valence-electron chi connectivity index (χ1n) is 10.8. The van der Waals surface area contributed by atoms with Gasteiger partial charge in [0.25, 0.3) is 5.56 Å². The summed E-state index contributed by atoms with van der Waals surface area (Å²) in [5.41, 5.74) is 1.71. The fourth-order valence-corrected chi connectivity index (χ4v) is 5.20. The fraction of sp³-hybridized carbons (Fsp3) is 0.478. The number of fused-ring (bicyclic) bond motifs is 2. The van der Waals surface area contributed by atoms with E-state index in [1.165, 1.54) is 12.1 Å². The van der Waals surface area contributed by atoms with Gasteiger partial charge in [-0.25, -0.2) is 4.39 Å². The number of carbonyl (C=O) groups excluding carboxylic acids is 1. The van der Waals surface area contributed by atoms with Crippen LogP contribution in [0.25, 0.3) is 0 Å². The molecule has 2 aliphatic rings. The van der Waals surface area contributed by atoms with Gasteiger partial charge in [-0.2, -0.15) is 0 Å². The molecule has 1 unspecified atom stereocenters. The molecule has 1 aromatic carbocycles. The quantitative estimate of drug-likeness (QED) is 0.506. The second-order valence-electron chi connectivity index (χ2n) is 8.13. The van der Waals surface area contributed by atoms with Crippen LogP contribution in [0, 0.1) is 5.82 Å². The topological polar surface area (TPSA) is 104 Å². The minimum Gasteiger partial charge on any atom is -0.503 e. The molecule has 1 aromatic heterocycles. The number of nitrogens with one attached hydrogen (secondary N) is 2. The van der Waals surface area contributed by atoms with Crippen molar-refractivity contribution in [1.82, 2.24) is 15.2 Å². The first kappa shape index (κ1) is 24.4. The van der Waals surface area contributed by atoms with Crippen molar-refractivity contribution in [1.29, 1.82) is 0 Å². The predicted molar refractivity (Wildman–Crippen MR) is 120 cm³/mol. The van der Waals surface area contributed by atoms with Crippen molar-refractivity contribution < 1.29 is 19.4 Å². The molecule has 2 heterocycles. The van der Waals surface area contributed by atoms with Crippen LogP contribution in [0.3, 0.4) is 0 Å². The van der Waals surface area contributed by atoms with Gasteiger partial charge in [0.2, 0.25) is 0 Å². The van der Waals surface area contributed by atoms with E-state index in [1.54, 1.807) is 10.6 Å². The van der Waals surface area contributed by atoms with E-state index in [9.17, 15) is 19.4 Å². The van der Waals surface area contributed by atoms with Gasteiger partial charge in [-0.15, -0.1) is 0 Å². The maximum absolute atomic E-state index is 13.4. The highest BCUT2D eigenvalue weighted by Gasteiger charge is 2.42. The van der Waals surface area contributed by atoms with Gasteiger partial charge in [0.05, 0.1) is 10.7 Å². The molecule has 2 aromatic rings. The van der Waals surface area contributed by atoms with E-state index < -0.39 is 29.0 Å². The zero-order chi connectivity index (χ0) is 23.5. The number of hydrogen-bond donors (Lipinski definition) is 4. The molecule has 0 amide bonds. The van der Waals surface area contributed by atoms with Crippen molar-refractivity contribution in [2.45, 2.75) is 63.9 Å². The lowest BCUT2D eigenvalue weighted by Crippen LogP contribution is -2.56. The predicted octanol–water partition coefficient (Wildman–Crippen LogP) is 2.88. The maximum atomic E-state index is 13.4. The summed E-state index contributed by atoms with van der Waals surface area (Å²) in [7, 11) is 0. The van der Waals surface area contributed by atoms with Crippen molar-refractivity contribution in [3.05, 3.63) is 61.8 Å². The number of rotatable bonds is 5. The normalized spacial score (nSPS) is 17.5. The highest BCUT2D eigenvalue weighted by atomic mass is 35.5. The number of carbonyl (C=O) groups is 1. The lowest BCUT2D eigenvalue weighted by Gasteiger charge is -2.40. The van der Waals surface area contributed by atoms with Gasteiger partial charge in [0, 0.05) is 30.8 Å². The summed E-state index contributed by atoms with van der Waals surface area (Å²) in [6.45, 7) is 4.92. The smallest absolute Gasteiger partial charge is 0.294 e. The molecule has 0 radical (unpaired) electrons. The number of halogens is 2. The van der Waals surface area contributed by atoms with Crippen LogP contribution in [-0.2, 0) is 29.8 Å². The molecule has 1 spiro atoms. The van der Waals surface area contributed by atoms with E-state index in [0.29, 0.717) is 18.4 Å². The van der Waals surface area contributed by atoms with Crippen molar-refractivity contribution in [2.24, 2.45) is 0 Å². The number of benzene rings is 1. The van der Waals surface area contributed by atoms with Crippen LogP contribution in [0.2, 0.25) is 5.02 Å². The average molecular weight is 466 g/mol. The van der Waals surface area contributed by atoms with Crippen molar-refractivity contribution in [3.63, 3.8) is 0 Å².